The Hall–Kier alpha value is -1.81. The monoisotopic (exact) mass is 293 g/mol. The van der Waals surface area contributed by atoms with Crippen LogP contribution in [-0.4, -0.2) is 0 Å². The van der Waals surface area contributed by atoms with Crippen LogP contribution in [0.4, 0.5) is 13.2 Å². The van der Waals surface area contributed by atoms with Gasteiger partial charge in [-0.3, -0.25) is 0 Å². The molecule has 0 amide bonds. The molecule has 0 saturated carbocycles. The van der Waals surface area contributed by atoms with Gasteiger partial charge in [-0.25, -0.2) is 13.2 Å². The van der Waals surface area contributed by atoms with E-state index in [1.165, 1.54) is 18.2 Å². The molecule has 0 heterocycles. The maximum atomic E-state index is 13.3. The Kier molecular flexibility index (Phi) is 5.02. The van der Waals surface area contributed by atoms with E-state index >= 15 is 0 Å². The zero-order valence-corrected chi connectivity index (χ0v) is 12.0. The molecule has 0 aliphatic rings. The topological polar surface area (TPSA) is 12.0 Å². The Balaban J connectivity index is 2.16. The van der Waals surface area contributed by atoms with Crippen molar-refractivity contribution in [3.8, 4) is 0 Å². The lowest BCUT2D eigenvalue weighted by Crippen LogP contribution is -2.24. The molecule has 2 atom stereocenters. The zero-order valence-electron chi connectivity index (χ0n) is 12.0. The summed E-state index contributed by atoms with van der Waals surface area (Å²) < 4.78 is 39.5. The fraction of sp³-hybridized carbons (Fsp3) is 0.294. The molecule has 2 aromatic rings. The Morgan fingerprint density at radius 1 is 0.952 bits per heavy atom. The van der Waals surface area contributed by atoms with Gasteiger partial charge in [0.25, 0.3) is 0 Å². The van der Waals surface area contributed by atoms with Crippen molar-refractivity contribution in [3.63, 3.8) is 0 Å². The van der Waals surface area contributed by atoms with Crippen LogP contribution in [0.2, 0.25) is 0 Å². The molecule has 0 aliphatic heterocycles. The van der Waals surface area contributed by atoms with Crippen LogP contribution in [0.1, 0.15) is 43.5 Å². The summed E-state index contributed by atoms with van der Waals surface area (Å²) in [5, 5.41) is 3.32. The first-order valence-electron chi connectivity index (χ1n) is 6.97. The molecular formula is C17H18F3N. The third-order valence-corrected chi connectivity index (χ3v) is 3.55. The summed E-state index contributed by atoms with van der Waals surface area (Å²) in [5.41, 5.74) is 1.50. The van der Waals surface area contributed by atoms with Gasteiger partial charge in [-0.1, -0.05) is 25.1 Å². The summed E-state index contributed by atoms with van der Waals surface area (Å²) in [5.74, 6) is -2.00. The number of benzene rings is 2. The van der Waals surface area contributed by atoms with E-state index in [1.54, 1.807) is 12.1 Å². The maximum Gasteiger partial charge on any atom is 0.159 e. The van der Waals surface area contributed by atoms with Crippen molar-refractivity contribution in [1.29, 1.82) is 0 Å². The molecule has 0 spiro atoms. The minimum atomic E-state index is -0.861. The SMILES string of the molecule is CCC(NC(C)c1ccc(F)c(F)c1)c1cccc(F)c1. The van der Waals surface area contributed by atoms with E-state index < -0.39 is 11.6 Å². The highest BCUT2D eigenvalue weighted by molar-refractivity contribution is 5.23. The summed E-state index contributed by atoms with van der Waals surface area (Å²) >= 11 is 0. The number of rotatable bonds is 5. The Bertz CT molecular complexity index is 613. The molecule has 1 nitrogen and oxygen atoms in total. The minimum Gasteiger partial charge on any atom is -0.303 e. The predicted molar refractivity (Wildman–Crippen MR) is 77.3 cm³/mol. The molecule has 0 radical (unpaired) electrons. The summed E-state index contributed by atoms with van der Waals surface area (Å²) in [6.45, 7) is 3.86. The van der Waals surface area contributed by atoms with Crippen molar-refractivity contribution in [3.05, 3.63) is 71.0 Å². The van der Waals surface area contributed by atoms with Gasteiger partial charge in [0, 0.05) is 12.1 Å². The van der Waals surface area contributed by atoms with E-state index in [2.05, 4.69) is 5.32 Å². The normalized spacial score (nSPS) is 14.0. The van der Waals surface area contributed by atoms with Crippen molar-refractivity contribution in [2.75, 3.05) is 0 Å². The third kappa shape index (κ3) is 3.85. The summed E-state index contributed by atoms with van der Waals surface area (Å²) in [6.07, 6.45) is 0.761. The minimum absolute atomic E-state index is 0.0520. The molecule has 0 aromatic heterocycles. The second-order valence-corrected chi connectivity index (χ2v) is 5.08. The van der Waals surface area contributed by atoms with Gasteiger partial charge < -0.3 is 5.32 Å². The van der Waals surface area contributed by atoms with Gasteiger partial charge in [0.05, 0.1) is 0 Å². The largest absolute Gasteiger partial charge is 0.303 e. The highest BCUT2D eigenvalue weighted by Crippen LogP contribution is 2.23. The number of hydrogen-bond acceptors (Lipinski definition) is 1. The summed E-state index contributed by atoms with van der Waals surface area (Å²) in [7, 11) is 0. The van der Waals surface area contributed by atoms with Crippen molar-refractivity contribution in [2.45, 2.75) is 32.4 Å². The van der Waals surface area contributed by atoms with Crippen LogP contribution in [-0.2, 0) is 0 Å². The van der Waals surface area contributed by atoms with E-state index in [4.69, 9.17) is 0 Å². The van der Waals surface area contributed by atoms with Crippen LogP contribution in [0, 0.1) is 17.5 Å². The number of hydrogen-bond donors (Lipinski definition) is 1. The van der Waals surface area contributed by atoms with Crippen LogP contribution in [0.15, 0.2) is 42.5 Å². The average molecular weight is 293 g/mol. The van der Waals surface area contributed by atoms with Crippen molar-refractivity contribution >= 4 is 0 Å². The zero-order chi connectivity index (χ0) is 15.4. The lowest BCUT2D eigenvalue weighted by molar-refractivity contribution is 0.449. The van der Waals surface area contributed by atoms with E-state index in [1.807, 2.05) is 19.9 Å². The first kappa shape index (κ1) is 15.6. The summed E-state index contributed by atoms with van der Waals surface area (Å²) in [6, 6.07) is 10.0. The lowest BCUT2D eigenvalue weighted by Gasteiger charge is -2.23. The predicted octanol–water partition coefficient (Wildman–Crippen LogP) is 4.91. The number of halogens is 3. The highest BCUT2D eigenvalue weighted by atomic mass is 19.2. The molecule has 4 heteroatoms. The quantitative estimate of drug-likeness (QED) is 0.826. The number of nitrogens with one attached hydrogen (secondary N) is 1. The molecule has 2 aromatic carbocycles. The molecule has 0 bridgehead atoms. The van der Waals surface area contributed by atoms with Gasteiger partial charge >= 0.3 is 0 Å². The molecule has 1 N–H and O–H groups in total. The lowest BCUT2D eigenvalue weighted by atomic mass is 10.0. The smallest absolute Gasteiger partial charge is 0.159 e. The van der Waals surface area contributed by atoms with Gasteiger partial charge in [-0.05, 0) is 48.7 Å². The maximum absolute atomic E-state index is 13.3. The summed E-state index contributed by atoms with van der Waals surface area (Å²) in [4.78, 5) is 0. The van der Waals surface area contributed by atoms with Crippen LogP contribution in [0.5, 0.6) is 0 Å². The van der Waals surface area contributed by atoms with Crippen LogP contribution in [0.25, 0.3) is 0 Å². The van der Waals surface area contributed by atoms with E-state index in [9.17, 15) is 13.2 Å². The van der Waals surface area contributed by atoms with Crippen molar-refractivity contribution < 1.29 is 13.2 Å². The molecular weight excluding hydrogens is 275 g/mol. The van der Waals surface area contributed by atoms with E-state index in [0.29, 0.717) is 5.56 Å². The second-order valence-electron chi connectivity index (χ2n) is 5.08. The Labute approximate surface area is 122 Å². The van der Waals surface area contributed by atoms with Crippen LogP contribution >= 0.6 is 0 Å². The van der Waals surface area contributed by atoms with Gasteiger partial charge in [-0.15, -0.1) is 0 Å². The molecule has 2 rings (SSSR count). The molecule has 112 valence electrons. The first-order valence-corrected chi connectivity index (χ1v) is 6.97. The standard InChI is InChI=1S/C17H18F3N/c1-3-17(13-5-4-6-14(18)9-13)21-11(2)12-7-8-15(19)16(20)10-12/h4-11,17,21H,3H2,1-2H3. The van der Waals surface area contributed by atoms with E-state index in [-0.39, 0.29) is 17.9 Å². The molecule has 0 aliphatic carbocycles. The van der Waals surface area contributed by atoms with Crippen LogP contribution in [0.3, 0.4) is 0 Å². The Morgan fingerprint density at radius 3 is 2.33 bits per heavy atom. The van der Waals surface area contributed by atoms with Crippen molar-refractivity contribution in [2.24, 2.45) is 0 Å². The second kappa shape index (κ2) is 6.76. The van der Waals surface area contributed by atoms with Gasteiger partial charge in [0.15, 0.2) is 11.6 Å². The van der Waals surface area contributed by atoms with Gasteiger partial charge in [0.1, 0.15) is 5.82 Å². The molecule has 2 unspecified atom stereocenters. The first-order chi connectivity index (χ1) is 10.0. The van der Waals surface area contributed by atoms with Gasteiger partial charge in [0.2, 0.25) is 0 Å². The highest BCUT2D eigenvalue weighted by Gasteiger charge is 2.15. The molecule has 21 heavy (non-hydrogen) atoms. The third-order valence-electron chi connectivity index (χ3n) is 3.55. The van der Waals surface area contributed by atoms with Crippen LogP contribution < -0.4 is 5.32 Å². The fourth-order valence-corrected chi connectivity index (χ4v) is 2.35. The average Bonchev–Trinajstić information content (AvgIpc) is 2.47. The fourth-order valence-electron chi connectivity index (χ4n) is 2.35. The molecule has 0 saturated heterocycles. The van der Waals surface area contributed by atoms with E-state index in [0.717, 1.165) is 18.1 Å². The molecule has 0 fully saturated rings. The van der Waals surface area contributed by atoms with Crippen molar-refractivity contribution in [1.82, 2.24) is 5.32 Å². The van der Waals surface area contributed by atoms with Gasteiger partial charge in [-0.2, -0.15) is 0 Å². The Morgan fingerprint density at radius 2 is 1.71 bits per heavy atom.